The molecule has 0 saturated heterocycles. The molecular formula is C20H16F4N6. The fourth-order valence-electron chi connectivity index (χ4n) is 3.29. The Morgan fingerprint density at radius 2 is 1.83 bits per heavy atom. The molecule has 0 aliphatic carbocycles. The Morgan fingerprint density at radius 3 is 2.53 bits per heavy atom. The first-order valence-electron chi connectivity index (χ1n) is 9.10. The van der Waals surface area contributed by atoms with Gasteiger partial charge in [0.2, 0.25) is 0 Å². The molecule has 0 bridgehead atoms. The quantitative estimate of drug-likeness (QED) is 0.471. The molecule has 0 spiro atoms. The predicted molar refractivity (Wildman–Crippen MR) is 101 cm³/mol. The minimum absolute atomic E-state index is 0.0672. The smallest absolute Gasteiger partial charge is 0.329 e. The molecule has 3 aromatic heterocycles. The molecule has 4 aromatic rings. The maximum absolute atomic E-state index is 13.2. The number of hydrogen-bond donors (Lipinski definition) is 1. The van der Waals surface area contributed by atoms with Gasteiger partial charge in [-0.25, -0.2) is 9.37 Å². The average molecular weight is 416 g/mol. The Balaban J connectivity index is 1.67. The van der Waals surface area contributed by atoms with E-state index < -0.39 is 11.9 Å². The van der Waals surface area contributed by atoms with Crippen LogP contribution in [-0.4, -0.2) is 29.9 Å². The molecule has 1 aromatic carbocycles. The van der Waals surface area contributed by atoms with E-state index in [1.807, 2.05) is 16.6 Å². The van der Waals surface area contributed by atoms with Crippen molar-refractivity contribution in [3.05, 3.63) is 72.2 Å². The number of H-pyrrole nitrogens is 1. The molecule has 0 saturated carbocycles. The van der Waals surface area contributed by atoms with Crippen molar-refractivity contribution in [2.45, 2.75) is 25.6 Å². The van der Waals surface area contributed by atoms with Crippen LogP contribution in [-0.2, 0) is 6.18 Å². The molecule has 0 aliphatic heterocycles. The van der Waals surface area contributed by atoms with E-state index in [-0.39, 0.29) is 23.1 Å². The molecule has 0 fully saturated rings. The fourth-order valence-corrected chi connectivity index (χ4v) is 3.29. The summed E-state index contributed by atoms with van der Waals surface area (Å²) in [4.78, 5) is 8.58. The van der Waals surface area contributed by atoms with E-state index in [0.717, 1.165) is 12.0 Å². The van der Waals surface area contributed by atoms with Crippen molar-refractivity contribution in [2.75, 3.05) is 0 Å². The van der Waals surface area contributed by atoms with Crippen LogP contribution in [0.25, 0.3) is 22.6 Å². The summed E-state index contributed by atoms with van der Waals surface area (Å²) in [6, 6.07) is 9.08. The van der Waals surface area contributed by atoms with Gasteiger partial charge in [-0.2, -0.15) is 13.2 Å². The van der Waals surface area contributed by atoms with E-state index in [1.54, 1.807) is 24.7 Å². The minimum Gasteiger partial charge on any atom is -0.329 e. The van der Waals surface area contributed by atoms with E-state index in [4.69, 9.17) is 0 Å². The third-order valence-electron chi connectivity index (χ3n) is 4.73. The van der Waals surface area contributed by atoms with Crippen molar-refractivity contribution in [1.82, 2.24) is 29.9 Å². The van der Waals surface area contributed by atoms with Crippen LogP contribution in [0.2, 0.25) is 0 Å². The first-order chi connectivity index (χ1) is 14.4. The molecule has 3 heterocycles. The highest BCUT2D eigenvalue weighted by atomic mass is 19.4. The number of aromatic amines is 1. The summed E-state index contributed by atoms with van der Waals surface area (Å²) in [5.74, 6) is -0.313. The van der Waals surface area contributed by atoms with Crippen LogP contribution in [0, 0.1) is 5.82 Å². The van der Waals surface area contributed by atoms with Crippen molar-refractivity contribution >= 4 is 0 Å². The summed E-state index contributed by atoms with van der Waals surface area (Å²) in [6.07, 6.45) is 0.918. The first-order valence-corrected chi connectivity index (χ1v) is 9.10. The van der Waals surface area contributed by atoms with Gasteiger partial charge in [-0.15, -0.1) is 5.10 Å². The number of nitrogens with zero attached hydrogens (tertiary/aromatic N) is 5. The number of halogens is 4. The van der Waals surface area contributed by atoms with Crippen molar-refractivity contribution in [3.63, 3.8) is 0 Å². The van der Waals surface area contributed by atoms with Gasteiger partial charge >= 0.3 is 6.18 Å². The lowest BCUT2D eigenvalue weighted by Gasteiger charge is -2.16. The third kappa shape index (κ3) is 3.80. The second kappa shape index (κ2) is 7.69. The van der Waals surface area contributed by atoms with Crippen molar-refractivity contribution < 1.29 is 17.6 Å². The number of aromatic nitrogens is 6. The van der Waals surface area contributed by atoms with Gasteiger partial charge in [0.25, 0.3) is 0 Å². The Kier molecular flexibility index (Phi) is 5.06. The number of pyridine rings is 1. The van der Waals surface area contributed by atoms with Gasteiger partial charge in [-0.3, -0.25) is 10.1 Å². The second-order valence-electron chi connectivity index (χ2n) is 6.64. The van der Waals surface area contributed by atoms with Crippen LogP contribution >= 0.6 is 0 Å². The molecule has 1 atom stereocenters. The van der Waals surface area contributed by atoms with Gasteiger partial charge < -0.3 is 4.57 Å². The lowest BCUT2D eigenvalue weighted by Crippen LogP contribution is -2.07. The highest BCUT2D eigenvalue weighted by Crippen LogP contribution is 2.35. The minimum atomic E-state index is -4.60. The molecule has 154 valence electrons. The number of rotatable bonds is 5. The molecule has 1 unspecified atom stereocenters. The fraction of sp³-hybridized carbons (Fsp3) is 0.200. The van der Waals surface area contributed by atoms with E-state index >= 15 is 0 Å². The highest BCUT2D eigenvalue weighted by Gasteiger charge is 2.37. The second-order valence-corrected chi connectivity index (χ2v) is 6.64. The zero-order chi connectivity index (χ0) is 21.3. The van der Waals surface area contributed by atoms with Crippen LogP contribution in [0.4, 0.5) is 17.6 Å². The van der Waals surface area contributed by atoms with Gasteiger partial charge in [-0.1, -0.05) is 24.3 Å². The van der Waals surface area contributed by atoms with Gasteiger partial charge in [0.15, 0.2) is 5.69 Å². The van der Waals surface area contributed by atoms with Gasteiger partial charge in [0.1, 0.15) is 17.2 Å². The number of imidazole rings is 1. The SMILES string of the molecule is CCC(c1ccc(F)cc1)n1cnc(-c2cc(-c3nn[nH]c3C(F)(F)F)ccn2)c1. The molecule has 10 heteroatoms. The van der Waals surface area contributed by atoms with E-state index in [0.29, 0.717) is 11.4 Å². The number of benzene rings is 1. The van der Waals surface area contributed by atoms with Gasteiger partial charge in [-0.05, 0) is 36.2 Å². The largest absolute Gasteiger partial charge is 0.435 e. The topological polar surface area (TPSA) is 72.3 Å². The van der Waals surface area contributed by atoms with Gasteiger partial charge in [0.05, 0.1) is 18.1 Å². The zero-order valence-corrected chi connectivity index (χ0v) is 15.7. The van der Waals surface area contributed by atoms with Crippen molar-refractivity contribution in [1.29, 1.82) is 0 Å². The summed E-state index contributed by atoms with van der Waals surface area (Å²) < 4.78 is 54.5. The van der Waals surface area contributed by atoms with Crippen LogP contribution < -0.4 is 0 Å². The van der Waals surface area contributed by atoms with E-state index in [1.165, 1.54) is 30.5 Å². The van der Waals surface area contributed by atoms with Crippen molar-refractivity contribution in [2.24, 2.45) is 0 Å². The average Bonchev–Trinajstić information content (AvgIpc) is 3.40. The summed E-state index contributed by atoms with van der Waals surface area (Å²) >= 11 is 0. The summed E-state index contributed by atoms with van der Waals surface area (Å²) in [6.45, 7) is 2.00. The Morgan fingerprint density at radius 1 is 1.07 bits per heavy atom. The maximum atomic E-state index is 13.2. The Labute approximate surface area is 168 Å². The number of nitrogens with one attached hydrogen (secondary N) is 1. The van der Waals surface area contributed by atoms with Crippen LogP contribution in [0.3, 0.4) is 0 Å². The first kappa shape index (κ1) is 19.7. The maximum Gasteiger partial charge on any atom is 0.435 e. The van der Waals surface area contributed by atoms with E-state index in [2.05, 4.69) is 20.3 Å². The van der Waals surface area contributed by atoms with Crippen LogP contribution in [0.1, 0.15) is 30.6 Å². The van der Waals surface area contributed by atoms with Gasteiger partial charge in [0, 0.05) is 18.0 Å². The lowest BCUT2D eigenvalue weighted by atomic mass is 10.0. The molecule has 0 radical (unpaired) electrons. The summed E-state index contributed by atoms with van der Waals surface area (Å²) in [7, 11) is 0. The molecule has 0 aliphatic rings. The number of alkyl halides is 3. The molecule has 30 heavy (non-hydrogen) atoms. The monoisotopic (exact) mass is 416 g/mol. The lowest BCUT2D eigenvalue weighted by molar-refractivity contribution is -0.140. The molecule has 0 amide bonds. The third-order valence-corrected chi connectivity index (χ3v) is 4.73. The molecule has 4 rings (SSSR count). The van der Waals surface area contributed by atoms with E-state index in [9.17, 15) is 17.6 Å². The molecule has 6 nitrogen and oxygen atoms in total. The van der Waals surface area contributed by atoms with Crippen LogP contribution in [0.5, 0.6) is 0 Å². The molecular weight excluding hydrogens is 400 g/mol. The normalized spacial score (nSPS) is 12.8. The predicted octanol–water partition coefficient (Wildman–Crippen LogP) is 4.89. The Bertz CT molecular complexity index is 1150. The molecule has 1 N–H and O–H groups in total. The highest BCUT2D eigenvalue weighted by molar-refractivity contribution is 5.67. The zero-order valence-electron chi connectivity index (χ0n) is 15.7. The van der Waals surface area contributed by atoms with Crippen molar-refractivity contribution in [3.8, 4) is 22.6 Å². The summed E-state index contributed by atoms with van der Waals surface area (Å²) in [5, 5.41) is 8.75. The van der Waals surface area contributed by atoms with Crippen LogP contribution in [0.15, 0.2) is 55.1 Å². The summed E-state index contributed by atoms with van der Waals surface area (Å²) in [5.41, 5.74) is 0.713. The standard InChI is InChI=1S/C20H16F4N6/c1-2-17(12-3-5-14(21)6-4-12)30-10-16(26-11-30)15-9-13(7-8-25-15)18-19(20(22,23)24)28-29-27-18/h3-11,17H,2H2,1H3,(H,27,28,29). The Hall–Kier alpha value is -3.56. The number of hydrogen-bond acceptors (Lipinski definition) is 4.